The molecule has 3 aliphatic heterocycles. The predicted molar refractivity (Wildman–Crippen MR) is 137 cm³/mol. The van der Waals surface area contributed by atoms with Crippen molar-refractivity contribution in [2.45, 2.75) is 30.3 Å². The molecule has 0 bridgehead atoms. The summed E-state index contributed by atoms with van der Waals surface area (Å²) in [5.41, 5.74) is -0.675. The van der Waals surface area contributed by atoms with Gasteiger partial charge in [-0.3, -0.25) is 4.79 Å². The molecule has 1 spiro atoms. The van der Waals surface area contributed by atoms with Crippen molar-refractivity contribution in [2.75, 3.05) is 0 Å². The summed E-state index contributed by atoms with van der Waals surface area (Å²) in [6, 6.07) is 15.8. The Morgan fingerprint density at radius 1 is 0.750 bits per heavy atom. The molecular formula is C30H22O10. The minimum absolute atomic E-state index is 0.00388. The Labute approximate surface area is 226 Å². The number of hydrogen-bond acceptors (Lipinski definition) is 10. The second kappa shape index (κ2) is 8.20. The number of hydrogen-bond donors (Lipinski definition) is 6. The summed E-state index contributed by atoms with van der Waals surface area (Å²) >= 11 is 0. The summed E-state index contributed by atoms with van der Waals surface area (Å²) in [5.74, 6) is -1.70. The molecule has 6 N–H and O–H groups in total. The average Bonchev–Trinajstić information content (AvgIpc) is 3.40. The highest BCUT2D eigenvalue weighted by Gasteiger charge is 2.64. The van der Waals surface area contributed by atoms with Crippen LogP contribution in [0.25, 0.3) is 0 Å². The highest BCUT2D eigenvalue weighted by atomic mass is 16.6. The van der Waals surface area contributed by atoms with Crippen LogP contribution in [0.3, 0.4) is 0 Å². The molecule has 3 heterocycles. The molecule has 0 aromatic heterocycles. The predicted octanol–water partition coefficient (Wildman–Crippen LogP) is 3.86. The fourth-order valence-electron chi connectivity index (χ4n) is 5.79. The number of phenols is 5. The van der Waals surface area contributed by atoms with Gasteiger partial charge in [0, 0.05) is 24.1 Å². The number of ketones is 1. The molecule has 0 saturated heterocycles. The molecule has 4 aromatic carbocycles. The molecule has 0 fully saturated rings. The third-order valence-corrected chi connectivity index (χ3v) is 7.66. The molecule has 0 aliphatic carbocycles. The summed E-state index contributed by atoms with van der Waals surface area (Å²) in [6.07, 6.45) is -3.05. The van der Waals surface area contributed by atoms with E-state index >= 15 is 0 Å². The van der Waals surface area contributed by atoms with Crippen LogP contribution in [0.4, 0.5) is 0 Å². The topological polar surface area (TPSA) is 166 Å². The molecule has 10 heteroatoms. The van der Waals surface area contributed by atoms with Gasteiger partial charge in [0.15, 0.2) is 17.6 Å². The number of rotatable bonds is 2. The fourth-order valence-corrected chi connectivity index (χ4v) is 5.79. The monoisotopic (exact) mass is 542 g/mol. The highest BCUT2D eigenvalue weighted by molar-refractivity contribution is 6.11. The molecule has 0 radical (unpaired) electrons. The lowest BCUT2D eigenvalue weighted by molar-refractivity contribution is 0.00632. The number of aliphatic hydroxyl groups is 1. The summed E-state index contributed by atoms with van der Waals surface area (Å²) in [7, 11) is 0. The zero-order valence-corrected chi connectivity index (χ0v) is 20.6. The van der Waals surface area contributed by atoms with Crippen LogP contribution in [0.15, 0.2) is 66.7 Å². The van der Waals surface area contributed by atoms with E-state index in [0.29, 0.717) is 11.1 Å². The fraction of sp³-hybridized carbons (Fsp3) is 0.167. The molecule has 10 nitrogen and oxygen atoms in total. The van der Waals surface area contributed by atoms with Crippen molar-refractivity contribution in [3.8, 4) is 46.0 Å². The van der Waals surface area contributed by atoms with Crippen LogP contribution in [0, 0.1) is 0 Å². The van der Waals surface area contributed by atoms with Crippen molar-refractivity contribution < 1.29 is 49.6 Å². The smallest absolute Gasteiger partial charge is 0.241 e. The Balaban J connectivity index is 1.41. The average molecular weight is 542 g/mol. The van der Waals surface area contributed by atoms with Gasteiger partial charge in [0.1, 0.15) is 46.2 Å². The van der Waals surface area contributed by atoms with Crippen molar-refractivity contribution in [3.63, 3.8) is 0 Å². The summed E-state index contributed by atoms with van der Waals surface area (Å²) in [4.78, 5) is 14.1. The van der Waals surface area contributed by atoms with Crippen molar-refractivity contribution in [2.24, 2.45) is 0 Å². The third-order valence-electron chi connectivity index (χ3n) is 7.66. The molecule has 3 aliphatic rings. The van der Waals surface area contributed by atoms with Crippen LogP contribution in [0.1, 0.15) is 44.8 Å². The Hall–Kier alpha value is -5.09. The van der Waals surface area contributed by atoms with Gasteiger partial charge >= 0.3 is 0 Å². The van der Waals surface area contributed by atoms with E-state index in [0.717, 1.165) is 6.07 Å². The molecule has 4 atom stereocenters. The quantitative estimate of drug-likeness (QED) is 0.219. The first-order valence-corrected chi connectivity index (χ1v) is 12.5. The number of ether oxygens (including phenoxy) is 3. The molecule has 0 unspecified atom stereocenters. The molecule has 202 valence electrons. The number of benzene rings is 4. The van der Waals surface area contributed by atoms with E-state index in [1.807, 2.05) is 0 Å². The third kappa shape index (κ3) is 3.23. The number of aromatic hydroxyl groups is 5. The van der Waals surface area contributed by atoms with Crippen LogP contribution in [-0.4, -0.2) is 42.5 Å². The van der Waals surface area contributed by atoms with Gasteiger partial charge in [-0.05, 0) is 41.5 Å². The maximum Gasteiger partial charge on any atom is 0.241 e. The van der Waals surface area contributed by atoms with Gasteiger partial charge in [0.2, 0.25) is 11.4 Å². The van der Waals surface area contributed by atoms with Crippen molar-refractivity contribution in [3.05, 3.63) is 94.5 Å². The van der Waals surface area contributed by atoms with E-state index in [1.54, 1.807) is 24.3 Å². The van der Waals surface area contributed by atoms with Crippen LogP contribution in [0.2, 0.25) is 0 Å². The molecule has 40 heavy (non-hydrogen) atoms. The highest BCUT2D eigenvalue weighted by Crippen LogP contribution is 2.62. The molecule has 7 rings (SSSR count). The summed E-state index contributed by atoms with van der Waals surface area (Å²) < 4.78 is 18.6. The SMILES string of the molecule is O=C1c2c(O)cc(O)cc2O[C@]12c1cc3c(c(O)c1O[C@H]2c1ccc(O)cc1)C[C@H](O)[C@@H](c1ccc(O)cc1)O3. The van der Waals surface area contributed by atoms with Crippen molar-refractivity contribution >= 4 is 5.78 Å². The first-order chi connectivity index (χ1) is 19.2. The van der Waals surface area contributed by atoms with Gasteiger partial charge in [-0.15, -0.1) is 0 Å². The van der Waals surface area contributed by atoms with Crippen LogP contribution in [-0.2, 0) is 12.0 Å². The van der Waals surface area contributed by atoms with E-state index in [-0.39, 0.29) is 63.4 Å². The second-order valence-corrected chi connectivity index (χ2v) is 10.1. The summed E-state index contributed by atoms with van der Waals surface area (Å²) in [5, 5.41) is 62.4. The Kier molecular flexibility index (Phi) is 4.92. The maximum atomic E-state index is 14.1. The number of aliphatic hydroxyl groups excluding tert-OH is 1. The molecule has 0 amide bonds. The van der Waals surface area contributed by atoms with Gasteiger partial charge in [0.25, 0.3) is 0 Å². The molecule has 4 aromatic rings. The largest absolute Gasteiger partial charge is 0.508 e. The van der Waals surface area contributed by atoms with Gasteiger partial charge in [-0.2, -0.15) is 0 Å². The Bertz CT molecular complexity index is 1700. The van der Waals surface area contributed by atoms with E-state index in [1.165, 1.54) is 36.4 Å². The van der Waals surface area contributed by atoms with E-state index in [2.05, 4.69) is 0 Å². The lowest BCUT2D eigenvalue weighted by Crippen LogP contribution is -2.41. The van der Waals surface area contributed by atoms with Crippen LogP contribution in [0.5, 0.6) is 46.0 Å². The van der Waals surface area contributed by atoms with E-state index in [9.17, 15) is 35.4 Å². The zero-order valence-electron chi connectivity index (χ0n) is 20.6. The van der Waals surface area contributed by atoms with Gasteiger partial charge < -0.3 is 44.8 Å². The lowest BCUT2D eigenvalue weighted by Gasteiger charge is -2.32. The molecular weight excluding hydrogens is 520 g/mol. The number of fused-ring (bicyclic) bond motifs is 4. The van der Waals surface area contributed by atoms with Gasteiger partial charge in [-0.25, -0.2) is 0 Å². The summed E-state index contributed by atoms with van der Waals surface area (Å²) in [6.45, 7) is 0. The zero-order chi connectivity index (χ0) is 27.9. The van der Waals surface area contributed by atoms with Crippen molar-refractivity contribution in [1.29, 1.82) is 0 Å². The maximum absolute atomic E-state index is 14.1. The van der Waals surface area contributed by atoms with Gasteiger partial charge in [0.05, 0.1) is 11.7 Å². The minimum atomic E-state index is -1.93. The minimum Gasteiger partial charge on any atom is -0.508 e. The first kappa shape index (κ1) is 24.0. The van der Waals surface area contributed by atoms with E-state index < -0.39 is 35.4 Å². The normalized spacial score (nSPS) is 24.0. The Morgan fingerprint density at radius 2 is 1.40 bits per heavy atom. The van der Waals surface area contributed by atoms with Crippen LogP contribution < -0.4 is 14.2 Å². The first-order valence-electron chi connectivity index (χ1n) is 12.5. The standard InChI is InChI=1S/C30H22O10/c31-15-5-1-13(2-6-15)26-21(35)11-18-22(38-26)12-19-27(25(18)36)39-29(14-3-7-16(32)8-4-14)30(19)28(37)24-20(34)9-17(33)10-23(24)40-30/h1-10,12,21,26,29,31-36H,11H2/t21-,26+,29-,30+/m0/s1. The number of carbonyl (C=O) groups is 1. The lowest BCUT2D eigenvalue weighted by atomic mass is 9.80. The van der Waals surface area contributed by atoms with Crippen molar-refractivity contribution in [1.82, 2.24) is 0 Å². The second-order valence-electron chi connectivity index (χ2n) is 10.1. The number of carbonyl (C=O) groups excluding carboxylic acids is 1. The van der Waals surface area contributed by atoms with Crippen LogP contribution >= 0.6 is 0 Å². The molecule has 0 saturated carbocycles. The number of phenolic OH excluding ortho intramolecular Hbond substituents is 5. The number of Topliss-reactive ketones (excluding diaryl/α,β-unsaturated/α-hetero) is 1. The van der Waals surface area contributed by atoms with E-state index in [4.69, 9.17) is 14.2 Å². The Morgan fingerprint density at radius 3 is 2.08 bits per heavy atom. The van der Waals surface area contributed by atoms with Gasteiger partial charge in [-0.1, -0.05) is 24.3 Å².